The molecule has 0 amide bonds. The summed E-state index contributed by atoms with van der Waals surface area (Å²) < 4.78 is 4.54. The summed E-state index contributed by atoms with van der Waals surface area (Å²) in [5.41, 5.74) is 0.515. The molecule has 5 heteroatoms. The number of carbonyl (C=O) groups excluding carboxylic acids is 1. The van der Waals surface area contributed by atoms with Gasteiger partial charge in [-0.25, -0.2) is 4.79 Å². The molecule has 1 aromatic carbocycles. The van der Waals surface area contributed by atoms with Crippen molar-refractivity contribution < 1.29 is 14.6 Å². The lowest BCUT2D eigenvalue weighted by Gasteiger charge is -2.01. The molecule has 0 saturated carbocycles. The maximum Gasteiger partial charge on any atom is 0.342 e. The van der Waals surface area contributed by atoms with Crippen molar-refractivity contribution in [2.24, 2.45) is 0 Å². The maximum absolute atomic E-state index is 11.1. The first kappa shape index (κ1) is 8.81. The number of ether oxygens (including phenoxy) is 1. The Hall–Kier alpha value is -0.770. The SMILES string of the molecule is O=C1OC(O)c2ccc(Cl)c(Cl)c21. The van der Waals surface area contributed by atoms with Gasteiger partial charge in [0.15, 0.2) is 0 Å². The van der Waals surface area contributed by atoms with Crippen molar-refractivity contribution in [3.05, 3.63) is 33.3 Å². The third kappa shape index (κ3) is 1.20. The molecule has 1 unspecified atom stereocenters. The van der Waals surface area contributed by atoms with E-state index < -0.39 is 12.3 Å². The van der Waals surface area contributed by atoms with Crippen LogP contribution in [-0.2, 0) is 4.74 Å². The second-order valence-corrected chi connectivity index (χ2v) is 3.37. The summed E-state index contributed by atoms with van der Waals surface area (Å²) in [5.74, 6) is -0.644. The van der Waals surface area contributed by atoms with Gasteiger partial charge in [0.05, 0.1) is 15.6 Å². The van der Waals surface area contributed by atoms with Crippen LogP contribution in [0.2, 0.25) is 10.0 Å². The van der Waals surface area contributed by atoms with Crippen LogP contribution in [0.25, 0.3) is 0 Å². The van der Waals surface area contributed by atoms with Gasteiger partial charge in [0, 0.05) is 5.56 Å². The fourth-order valence-electron chi connectivity index (χ4n) is 1.20. The zero-order valence-electron chi connectivity index (χ0n) is 6.25. The van der Waals surface area contributed by atoms with Crippen LogP contribution in [0.5, 0.6) is 0 Å². The smallest absolute Gasteiger partial charge is 0.342 e. The third-order valence-corrected chi connectivity index (χ3v) is 2.62. The minimum atomic E-state index is -1.22. The Morgan fingerprint density at radius 3 is 2.77 bits per heavy atom. The average molecular weight is 219 g/mol. The zero-order chi connectivity index (χ0) is 9.59. The number of benzene rings is 1. The minimum Gasteiger partial charge on any atom is -0.428 e. The van der Waals surface area contributed by atoms with Crippen molar-refractivity contribution in [1.82, 2.24) is 0 Å². The molecule has 0 radical (unpaired) electrons. The van der Waals surface area contributed by atoms with Crippen molar-refractivity contribution >= 4 is 29.2 Å². The van der Waals surface area contributed by atoms with Crippen LogP contribution >= 0.6 is 23.2 Å². The molecule has 0 saturated heterocycles. The first-order valence-electron chi connectivity index (χ1n) is 3.48. The normalized spacial score (nSPS) is 19.9. The van der Waals surface area contributed by atoms with Gasteiger partial charge in [0.25, 0.3) is 0 Å². The Balaban J connectivity index is 2.71. The molecule has 0 aromatic heterocycles. The summed E-state index contributed by atoms with van der Waals surface area (Å²) in [7, 11) is 0. The van der Waals surface area contributed by atoms with Crippen LogP contribution in [0, 0.1) is 0 Å². The fourth-order valence-corrected chi connectivity index (χ4v) is 1.61. The number of aliphatic hydroxyl groups excluding tert-OH is 1. The lowest BCUT2D eigenvalue weighted by molar-refractivity contribution is -0.0547. The van der Waals surface area contributed by atoms with E-state index in [0.717, 1.165) is 0 Å². The Morgan fingerprint density at radius 2 is 2.08 bits per heavy atom. The van der Waals surface area contributed by atoms with E-state index >= 15 is 0 Å². The molecule has 1 aromatic rings. The summed E-state index contributed by atoms with van der Waals surface area (Å²) in [4.78, 5) is 11.1. The molecular formula is C8H4Cl2O3. The molecule has 1 aliphatic heterocycles. The number of halogens is 2. The second-order valence-electron chi connectivity index (χ2n) is 2.58. The van der Waals surface area contributed by atoms with Crippen LogP contribution in [0.3, 0.4) is 0 Å². The van der Waals surface area contributed by atoms with Crippen LogP contribution in [0.4, 0.5) is 0 Å². The van der Waals surface area contributed by atoms with E-state index in [1.54, 1.807) is 0 Å². The Morgan fingerprint density at radius 1 is 1.38 bits per heavy atom. The van der Waals surface area contributed by atoms with Gasteiger partial charge in [-0.2, -0.15) is 0 Å². The summed E-state index contributed by atoms with van der Waals surface area (Å²) in [5, 5.41) is 9.62. The molecule has 3 nitrogen and oxygen atoms in total. The Labute approximate surface area is 83.8 Å². The number of cyclic esters (lactones) is 1. The van der Waals surface area contributed by atoms with Gasteiger partial charge in [-0.3, -0.25) is 0 Å². The van der Waals surface area contributed by atoms with Gasteiger partial charge in [-0.05, 0) is 6.07 Å². The molecule has 1 heterocycles. The fraction of sp³-hybridized carbons (Fsp3) is 0.125. The lowest BCUT2D eigenvalue weighted by Crippen LogP contribution is -1.96. The largest absolute Gasteiger partial charge is 0.428 e. The molecule has 1 atom stereocenters. The Bertz CT molecular complexity index is 389. The van der Waals surface area contributed by atoms with Crippen molar-refractivity contribution in [2.45, 2.75) is 6.29 Å². The zero-order valence-corrected chi connectivity index (χ0v) is 7.76. The molecule has 0 bridgehead atoms. The topological polar surface area (TPSA) is 46.5 Å². The van der Waals surface area contributed by atoms with E-state index in [0.29, 0.717) is 5.56 Å². The summed E-state index contributed by atoms with van der Waals surface area (Å²) in [6.45, 7) is 0. The van der Waals surface area contributed by atoms with Gasteiger partial charge in [-0.1, -0.05) is 29.3 Å². The average Bonchev–Trinajstić information content (AvgIpc) is 2.35. The molecule has 13 heavy (non-hydrogen) atoms. The van der Waals surface area contributed by atoms with E-state index in [1.165, 1.54) is 12.1 Å². The van der Waals surface area contributed by atoms with Gasteiger partial charge in [0.2, 0.25) is 6.29 Å². The van der Waals surface area contributed by atoms with Crippen molar-refractivity contribution in [3.8, 4) is 0 Å². The first-order chi connectivity index (χ1) is 6.11. The highest BCUT2D eigenvalue weighted by molar-refractivity contribution is 6.44. The summed E-state index contributed by atoms with van der Waals surface area (Å²) in [6.07, 6.45) is -1.22. The maximum atomic E-state index is 11.1. The predicted octanol–water partition coefficient (Wildman–Crippen LogP) is 2.15. The molecule has 68 valence electrons. The monoisotopic (exact) mass is 218 g/mol. The summed E-state index contributed by atoms with van der Waals surface area (Å²) in [6, 6.07) is 3.02. The van der Waals surface area contributed by atoms with Gasteiger partial charge in [-0.15, -0.1) is 0 Å². The van der Waals surface area contributed by atoms with Gasteiger partial charge in [0.1, 0.15) is 0 Å². The van der Waals surface area contributed by atoms with Crippen molar-refractivity contribution in [3.63, 3.8) is 0 Å². The molecule has 0 fully saturated rings. The highest BCUT2D eigenvalue weighted by Gasteiger charge is 2.32. The number of rotatable bonds is 0. The molecular weight excluding hydrogens is 215 g/mol. The van der Waals surface area contributed by atoms with Gasteiger partial charge < -0.3 is 9.84 Å². The number of hydrogen-bond donors (Lipinski definition) is 1. The molecule has 0 spiro atoms. The lowest BCUT2D eigenvalue weighted by atomic mass is 10.1. The van der Waals surface area contributed by atoms with Crippen molar-refractivity contribution in [1.29, 1.82) is 0 Å². The molecule has 2 rings (SSSR count). The number of fused-ring (bicyclic) bond motifs is 1. The third-order valence-electron chi connectivity index (χ3n) is 1.82. The molecule has 1 aliphatic rings. The Kier molecular flexibility index (Phi) is 1.95. The second kappa shape index (κ2) is 2.87. The van der Waals surface area contributed by atoms with E-state index in [1.807, 2.05) is 0 Å². The predicted molar refractivity (Wildman–Crippen MR) is 46.8 cm³/mol. The standard InChI is InChI=1S/C8H4Cl2O3/c9-4-2-1-3-5(6(4)10)8(12)13-7(3)11/h1-2,7,11H. The van der Waals surface area contributed by atoms with E-state index in [-0.39, 0.29) is 15.6 Å². The number of aliphatic hydroxyl groups is 1. The number of esters is 1. The van der Waals surface area contributed by atoms with Crippen molar-refractivity contribution in [2.75, 3.05) is 0 Å². The van der Waals surface area contributed by atoms with E-state index in [2.05, 4.69) is 4.74 Å². The minimum absolute atomic E-state index is 0.126. The number of hydrogen-bond acceptors (Lipinski definition) is 3. The number of carbonyl (C=O) groups is 1. The van der Waals surface area contributed by atoms with E-state index in [9.17, 15) is 9.90 Å². The molecule has 1 N–H and O–H groups in total. The summed E-state index contributed by atoms with van der Waals surface area (Å²) >= 11 is 11.4. The first-order valence-corrected chi connectivity index (χ1v) is 4.24. The van der Waals surface area contributed by atoms with Crippen LogP contribution in [0.1, 0.15) is 22.2 Å². The van der Waals surface area contributed by atoms with Crippen LogP contribution in [0.15, 0.2) is 12.1 Å². The van der Waals surface area contributed by atoms with Gasteiger partial charge >= 0.3 is 5.97 Å². The highest BCUT2D eigenvalue weighted by atomic mass is 35.5. The quantitative estimate of drug-likeness (QED) is 0.680. The van der Waals surface area contributed by atoms with Crippen LogP contribution in [-0.4, -0.2) is 11.1 Å². The van der Waals surface area contributed by atoms with Crippen LogP contribution < -0.4 is 0 Å². The highest BCUT2D eigenvalue weighted by Crippen LogP contribution is 2.37. The van der Waals surface area contributed by atoms with E-state index in [4.69, 9.17) is 23.2 Å². The molecule has 0 aliphatic carbocycles.